The fourth-order valence-electron chi connectivity index (χ4n) is 0.762. The molecule has 10 heavy (non-hydrogen) atoms. The van der Waals surface area contributed by atoms with Crippen molar-refractivity contribution in [2.75, 3.05) is 0 Å². The molecule has 0 aliphatic carbocycles. The molecule has 0 rings (SSSR count). The van der Waals surface area contributed by atoms with Gasteiger partial charge in [-0.2, -0.15) is 0 Å². The number of halogens is 1. The largest absolute Gasteiger partial charge is 0.281 e. The molecule has 0 atom stereocenters. The topological polar surface area (TPSA) is 17.1 Å². The smallest absolute Gasteiger partial charge is 0.221 e. The summed E-state index contributed by atoms with van der Waals surface area (Å²) in [6, 6.07) is 0. The Bertz CT molecular complexity index is 91.3. The van der Waals surface area contributed by atoms with E-state index in [1.165, 1.54) is 0 Å². The second-order valence-corrected chi connectivity index (χ2v) is 2.73. The molecule has 0 unspecified atom stereocenters. The van der Waals surface area contributed by atoms with Gasteiger partial charge in [0, 0.05) is 6.42 Å². The summed E-state index contributed by atoms with van der Waals surface area (Å²) < 4.78 is 0. The van der Waals surface area contributed by atoms with E-state index in [0.29, 0.717) is 6.42 Å². The third-order valence-electron chi connectivity index (χ3n) is 1.33. The van der Waals surface area contributed by atoms with Gasteiger partial charge in [0.1, 0.15) is 0 Å². The number of unbranched alkanes of at least 4 members (excludes halogenated alkanes) is 4. The minimum atomic E-state index is -0.229. The third-order valence-corrected chi connectivity index (χ3v) is 1.52. The molecule has 0 spiro atoms. The maximum atomic E-state index is 10.2. The first-order chi connectivity index (χ1) is 4.77. The lowest BCUT2D eigenvalue weighted by atomic mass is 10.1. The summed E-state index contributed by atoms with van der Waals surface area (Å²) in [6.07, 6.45) is 5.39. The SMILES string of the molecule is [CH]CCCCCCC(=O)Cl. The molecule has 1 nitrogen and oxygen atoms in total. The quantitative estimate of drug-likeness (QED) is 0.432. The molecule has 2 heteroatoms. The van der Waals surface area contributed by atoms with Gasteiger partial charge in [0.25, 0.3) is 0 Å². The summed E-state index contributed by atoms with van der Waals surface area (Å²) in [5, 5.41) is -0.229. The van der Waals surface area contributed by atoms with Crippen LogP contribution in [-0.2, 0) is 4.79 Å². The average Bonchev–Trinajstić information content (AvgIpc) is 1.87. The van der Waals surface area contributed by atoms with Crippen molar-refractivity contribution in [3.05, 3.63) is 6.92 Å². The van der Waals surface area contributed by atoms with E-state index in [2.05, 4.69) is 0 Å². The van der Waals surface area contributed by atoms with Gasteiger partial charge in [-0.05, 0) is 31.4 Å². The summed E-state index contributed by atoms with van der Waals surface area (Å²) in [7, 11) is 0. The van der Waals surface area contributed by atoms with Gasteiger partial charge in [0.15, 0.2) is 0 Å². The van der Waals surface area contributed by atoms with Crippen molar-refractivity contribution in [2.24, 2.45) is 0 Å². The minimum absolute atomic E-state index is 0.229. The van der Waals surface area contributed by atoms with Gasteiger partial charge in [-0.3, -0.25) is 4.79 Å². The van der Waals surface area contributed by atoms with Gasteiger partial charge in [0.2, 0.25) is 5.24 Å². The lowest BCUT2D eigenvalue weighted by molar-refractivity contribution is -0.111. The lowest BCUT2D eigenvalue weighted by Gasteiger charge is -1.94. The second kappa shape index (κ2) is 7.07. The van der Waals surface area contributed by atoms with Crippen molar-refractivity contribution in [1.82, 2.24) is 0 Å². The Balaban J connectivity index is 2.84. The first-order valence-corrected chi connectivity index (χ1v) is 4.03. The molecular formula is C8H13ClO. The number of rotatable bonds is 6. The Morgan fingerprint density at radius 1 is 1.20 bits per heavy atom. The first kappa shape index (κ1) is 9.96. The van der Waals surface area contributed by atoms with Gasteiger partial charge in [-0.25, -0.2) is 0 Å². The van der Waals surface area contributed by atoms with Crippen molar-refractivity contribution in [3.63, 3.8) is 0 Å². The van der Waals surface area contributed by atoms with E-state index in [4.69, 9.17) is 18.5 Å². The standard InChI is InChI=1S/C8H13ClO/c1-2-3-4-5-6-7-8(9)10/h1H,2-7H2. The average molecular weight is 161 g/mol. The van der Waals surface area contributed by atoms with E-state index < -0.39 is 0 Å². The molecule has 0 aliphatic rings. The molecule has 0 heterocycles. The normalized spacial score (nSPS) is 9.80. The van der Waals surface area contributed by atoms with E-state index in [1.54, 1.807) is 0 Å². The van der Waals surface area contributed by atoms with Crippen molar-refractivity contribution >= 4 is 16.8 Å². The number of carbonyl (C=O) groups is 1. The van der Waals surface area contributed by atoms with E-state index in [0.717, 1.165) is 32.1 Å². The summed E-state index contributed by atoms with van der Waals surface area (Å²) >= 11 is 5.13. The van der Waals surface area contributed by atoms with E-state index in [9.17, 15) is 4.79 Å². The Labute approximate surface area is 67.8 Å². The highest BCUT2D eigenvalue weighted by atomic mass is 35.5. The third kappa shape index (κ3) is 7.96. The molecule has 0 aromatic rings. The molecule has 0 aliphatic heterocycles. The zero-order valence-corrected chi connectivity index (χ0v) is 6.86. The van der Waals surface area contributed by atoms with E-state index in [-0.39, 0.29) is 5.24 Å². The molecule has 58 valence electrons. The van der Waals surface area contributed by atoms with Crippen LogP contribution in [0.15, 0.2) is 0 Å². The molecule has 0 N–H and O–H groups in total. The summed E-state index contributed by atoms with van der Waals surface area (Å²) in [5.74, 6) is 0. The molecule has 0 aromatic carbocycles. The van der Waals surface area contributed by atoms with Gasteiger partial charge in [-0.1, -0.05) is 19.3 Å². The van der Waals surface area contributed by atoms with Crippen LogP contribution >= 0.6 is 11.6 Å². The maximum absolute atomic E-state index is 10.2. The highest BCUT2D eigenvalue weighted by molar-refractivity contribution is 6.63. The Hall–Kier alpha value is -0.0400. The van der Waals surface area contributed by atoms with Gasteiger partial charge in [0.05, 0.1) is 0 Å². The molecule has 0 saturated carbocycles. The zero-order valence-electron chi connectivity index (χ0n) is 6.11. The molecule has 2 radical (unpaired) electrons. The predicted molar refractivity (Wildman–Crippen MR) is 42.9 cm³/mol. The highest BCUT2D eigenvalue weighted by Gasteiger charge is 1.94. The van der Waals surface area contributed by atoms with Crippen LogP contribution in [0.2, 0.25) is 0 Å². The van der Waals surface area contributed by atoms with E-state index >= 15 is 0 Å². The Morgan fingerprint density at radius 2 is 1.80 bits per heavy atom. The minimum Gasteiger partial charge on any atom is -0.281 e. The van der Waals surface area contributed by atoms with Gasteiger partial charge < -0.3 is 0 Å². The van der Waals surface area contributed by atoms with Crippen LogP contribution in [0.5, 0.6) is 0 Å². The molecule has 0 bridgehead atoms. The van der Waals surface area contributed by atoms with Crippen molar-refractivity contribution in [1.29, 1.82) is 0 Å². The molecule has 0 saturated heterocycles. The summed E-state index contributed by atoms with van der Waals surface area (Å²) in [5.41, 5.74) is 0. The number of carbonyl (C=O) groups excluding carboxylic acids is 1. The Morgan fingerprint density at radius 3 is 2.30 bits per heavy atom. The van der Waals surface area contributed by atoms with Crippen LogP contribution in [0.3, 0.4) is 0 Å². The molecule has 0 fully saturated rings. The molecule has 0 aromatic heterocycles. The highest BCUT2D eigenvalue weighted by Crippen LogP contribution is 2.05. The monoisotopic (exact) mass is 160 g/mol. The first-order valence-electron chi connectivity index (χ1n) is 3.65. The van der Waals surface area contributed by atoms with Crippen LogP contribution < -0.4 is 0 Å². The maximum Gasteiger partial charge on any atom is 0.221 e. The van der Waals surface area contributed by atoms with Crippen LogP contribution in [0.4, 0.5) is 0 Å². The van der Waals surface area contributed by atoms with Crippen molar-refractivity contribution in [2.45, 2.75) is 38.5 Å². The Kier molecular flexibility index (Phi) is 7.04. The van der Waals surface area contributed by atoms with Crippen LogP contribution in [0.25, 0.3) is 0 Å². The fourth-order valence-corrected chi connectivity index (χ4v) is 0.896. The molecular weight excluding hydrogens is 148 g/mol. The van der Waals surface area contributed by atoms with Crippen molar-refractivity contribution < 1.29 is 4.79 Å². The lowest BCUT2D eigenvalue weighted by Crippen LogP contribution is -1.85. The second-order valence-electron chi connectivity index (χ2n) is 2.31. The van der Waals surface area contributed by atoms with Crippen LogP contribution in [0, 0.1) is 6.92 Å². The number of hydrogen-bond acceptors (Lipinski definition) is 1. The van der Waals surface area contributed by atoms with E-state index in [1.807, 2.05) is 0 Å². The van der Waals surface area contributed by atoms with Gasteiger partial charge in [-0.15, -0.1) is 0 Å². The number of hydrogen-bond donors (Lipinski definition) is 0. The van der Waals surface area contributed by atoms with Crippen LogP contribution in [0.1, 0.15) is 38.5 Å². The van der Waals surface area contributed by atoms with Crippen molar-refractivity contribution in [3.8, 4) is 0 Å². The fraction of sp³-hybridized carbons (Fsp3) is 0.750. The predicted octanol–water partition coefficient (Wildman–Crippen LogP) is 2.80. The van der Waals surface area contributed by atoms with Gasteiger partial charge >= 0.3 is 0 Å². The van der Waals surface area contributed by atoms with Crippen LogP contribution in [-0.4, -0.2) is 5.24 Å². The summed E-state index contributed by atoms with van der Waals surface area (Å²) in [4.78, 5) is 10.2. The zero-order chi connectivity index (χ0) is 7.82. The molecule has 0 amide bonds. The summed E-state index contributed by atoms with van der Waals surface area (Å²) in [6.45, 7) is 5.28.